The number of aryl methyl sites for hydroxylation is 1. The van der Waals surface area contributed by atoms with Crippen LogP contribution in [-0.4, -0.2) is 10.9 Å². The molecule has 0 saturated carbocycles. The van der Waals surface area contributed by atoms with Gasteiger partial charge in [-0.15, -0.1) is 0 Å². The fourth-order valence-electron chi connectivity index (χ4n) is 1.06. The first kappa shape index (κ1) is 10.9. The number of nitro groups is 1. The van der Waals surface area contributed by atoms with Crippen molar-refractivity contribution in [1.29, 1.82) is 0 Å². The predicted octanol–water partition coefficient (Wildman–Crippen LogP) is 1.99. The molecular weight excluding hydrogens is 198 g/mol. The topological polar surface area (TPSA) is 69.4 Å². The molecule has 0 amide bonds. The van der Waals surface area contributed by atoms with Crippen molar-refractivity contribution in [2.75, 3.05) is 0 Å². The number of esters is 1. The molecule has 5 nitrogen and oxygen atoms in total. The van der Waals surface area contributed by atoms with Gasteiger partial charge in [-0.1, -0.05) is 18.7 Å². The minimum atomic E-state index is -0.715. The standard InChI is InChI=1S/C10H9NO4/c1-3-9(12)15-10-7(2)5-4-6-8(10)11(13)14/h3-6H,1H2,2H3. The van der Waals surface area contributed by atoms with Crippen molar-refractivity contribution >= 4 is 11.7 Å². The number of ether oxygens (including phenoxy) is 1. The SMILES string of the molecule is C=CC(=O)Oc1c(C)cccc1[N+](=O)[O-]. The lowest BCUT2D eigenvalue weighted by Crippen LogP contribution is -2.06. The number of para-hydroxylation sites is 1. The molecule has 78 valence electrons. The summed E-state index contributed by atoms with van der Waals surface area (Å²) < 4.78 is 4.79. The molecule has 0 atom stereocenters. The average Bonchev–Trinajstić information content (AvgIpc) is 2.20. The zero-order valence-electron chi connectivity index (χ0n) is 8.10. The third kappa shape index (κ3) is 2.40. The van der Waals surface area contributed by atoms with Crippen LogP contribution < -0.4 is 4.74 Å². The summed E-state index contributed by atoms with van der Waals surface area (Å²) in [5.74, 6) is -0.750. The molecule has 0 N–H and O–H groups in total. The van der Waals surface area contributed by atoms with E-state index in [-0.39, 0.29) is 11.4 Å². The Kier molecular flexibility index (Phi) is 3.17. The second kappa shape index (κ2) is 4.36. The van der Waals surface area contributed by atoms with E-state index in [1.807, 2.05) is 0 Å². The van der Waals surface area contributed by atoms with Crippen molar-refractivity contribution in [3.8, 4) is 5.75 Å². The summed E-state index contributed by atoms with van der Waals surface area (Å²) >= 11 is 0. The van der Waals surface area contributed by atoms with Gasteiger partial charge < -0.3 is 4.74 Å². The van der Waals surface area contributed by atoms with Gasteiger partial charge in [-0.25, -0.2) is 4.79 Å². The Morgan fingerprint density at radius 2 is 2.27 bits per heavy atom. The maximum atomic E-state index is 10.9. The summed E-state index contributed by atoms with van der Waals surface area (Å²) in [6.07, 6.45) is 0.955. The zero-order chi connectivity index (χ0) is 11.4. The highest BCUT2D eigenvalue weighted by atomic mass is 16.6. The summed E-state index contributed by atoms with van der Waals surface area (Å²) in [6.45, 7) is 4.84. The Hall–Kier alpha value is -2.17. The average molecular weight is 207 g/mol. The molecule has 0 aromatic heterocycles. The molecule has 0 aliphatic carbocycles. The molecule has 0 aliphatic rings. The quantitative estimate of drug-likeness (QED) is 0.250. The number of nitro benzene ring substituents is 1. The second-order valence-electron chi connectivity index (χ2n) is 2.81. The Morgan fingerprint density at radius 3 is 2.80 bits per heavy atom. The second-order valence-corrected chi connectivity index (χ2v) is 2.81. The first-order chi connectivity index (χ1) is 7.06. The third-order valence-electron chi connectivity index (χ3n) is 1.76. The molecule has 0 aliphatic heterocycles. The van der Waals surface area contributed by atoms with E-state index < -0.39 is 10.9 Å². The van der Waals surface area contributed by atoms with E-state index in [2.05, 4.69) is 6.58 Å². The molecule has 0 radical (unpaired) electrons. The number of nitrogens with zero attached hydrogens (tertiary/aromatic N) is 1. The van der Waals surface area contributed by atoms with Gasteiger partial charge in [-0.2, -0.15) is 0 Å². The number of hydrogen-bond donors (Lipinski definition) is 0. The summed E-state index contributed by atoms with van der Waals surface area (Å²) in [7, 11) is 0. The van der Waals surface area contributed by atoms with Crippen LogP contribution in [0.5, 0.6) is 5.75 Å². The zero-order valence-corrected chi connectivity index (χ0v) is 8.10. The van der Waals surface area contributed by atoms with Crippen LogP contribution in [0.2, 0.25) is 0 Å². The highest BCUT2D eigenvalue weighted by Gasteiger charge is 2.18. The minimum Gasteiger partial charge on any atom is -0.416 e. The monoisotopic (exact) mass is 207 g/mol. The number of carbonyl (C=O) groups excluding carboxylic acids is 1. The van der Waals surface area contributed by atoms with Crippen LogP contribution >= 0.6 is 0 Å². The van der Waals surface area contributed by atoms with E-state index in [0.29, 0.717) is 5.56 Å². The molecule has 0 heterocycles. The first-order valence-corrected chi connectivity index (χ1v) is 4.14. The van der Waals surface area contributed by atoms with Crippen molar-refractivity contribution in [2.45, 2.75) is 6.92 Å². The molecule has 0 saturated heterocycles. The molecule has 0 spiro atoms. The molecule has 1 aromatic carbocycles. The predicted molar refractivity (Wildman–Crippen MR) is 53.7 cm³/mol. The molecule has 5 heteroatoms. The number of benzene rings is 1. The van der Waals surface area contributed by atoms with Gasteiger partial charge in [0.2, 0.25) is 5.75 Å². The van der Waals surface area contributed by atoms with Gasteiger partial charge in [0, 0.05) is 12.1 Å². The molecule has 1 rings (SSSR count). The van der Waals surface area contributed by atoms with Crippen molar-refractivity contribution in [3.05, 3.63) is 46.5 Å². The van der Waals surface area contributed by atoms with E-state index in [1.54, 1.807) is 13.0 Å². The van der Waals surface area contributed by atoms with Crippen LogP contribution in [0.3, 0.4) is 0 Å². The summed E-state index contributed by atoms with van der Waals surface area (Å²) in [5.41, 5.74) is 0.296. The van der Waals surface area contributed by atoms with Crippen LogP contribution in [0.1, 0.15) is 5.56 Å². The first-order valence-electron chi connectivity index (χ1n) is 4.14. The smallest absolute Gasteiger partial charge is 0.335 e. The van der Waals surface area contributed by atoms with Crippen LogP contribution in [-0.2, 0) is 4.79 Å². The Bertz CT molecular complexity index is 425. The lowest BCUT2D eigenvalue weighted by atomic mass is 10.2. The summed E-state index contributed by atoms with van der Waals surface area (Å²) in [4.78, 5) is 21.0. The third-order valence-corrected chi connectivity index (χ3v) is 1.76. The number of carbonyl (C=O) groups is 1. The highest BCUT2D eigenvalue weighted by molar-refractivity contribution is 5.84. The van der Waals surface area contributed by atoms with Gasteiger partial charge in [0.25, 0.3) is 0 Å². The number of hydrogen-bond acceptors (Lipinski definition) is 4. The van der Waals surface area contributed by atoms with Crippen molar-refractivity contribution in [2.24, 2.45) is 0 Å². The largest absolute Gasteiger partial charge is 0.416 e. The molecule has 0 bridgehead atoms. The van der Waals surface area contributed by atoms with Gasteiger partial charge >= 0.3 is 11.7 Å². The maximum Gasteiger partial charge on any atom is 0.335 e. The van der Waals surface area contributed by atoms with Crippen molar-refractivity contribution in [3.63, 3.8) is 0 Å². The van der Waals surface area contributed by atoms with Gasteiger partial charge in [0.15, 0.2) is 0 Å². The Labute approximate surface area is 86.1 Å². The Morgan fingerprint density at radius 1 is 1.60 bits per heavy atom. The van der Waals surface area contributed by atoms with Gasteiger partial charge in [0.05, 0.1) is 4.92 Å². The lowest BCUT2D eigenvalue weighted by Gasteiger charge is -2.05. The summed E-state index contributed by atoms with van der Waals surface area (Å²) in [6, 6.07) is 4.43. The van der Waals surface area contributed by atoms with Gasteiger partial charge in [0.1, 0.15) is 0 Å². The minimum absolute atomic E-state index is 0.0348. The molecule has 0 fully saturated rings. The molecule has 0 unspecified atom stereocenters. The van der Waals surface area contributed by atoms with Crippen LogP contribution in [0.25, 0.3) is 0 Å². The Balaban J connectivity index is 3.18. The fraction of sp³-hybridized carbons (Fsp3) is 0.100. The van der Waals surface area contributed by atoms with Gasteiger partial charge in [-0.3, -0.25) is 10.1 Å². The molecule has 1 aromatic rings. The van der Waals surface area contributed by atoms with Crippen molar-refractivity contribution in [1.82, 2.24) is 0 Å². The number of rotatable bonds is 3. The highest BCUT2D eigenvalue weighted by Crippen LogP contribution is 2.30. The van der Waals surface area contributed by atoms with E-state index in [9.17, 15) is 14.9 Å². The van der Waals surface area contributed by atoms with Gasteiger partial charge in [-0.05, 0) is 12.5 Å². The lowest BCUT2D eigenvalue weighted by molar-refractivity contribution is -0.385. The molecule has 15 heavy (non-hydrogen) atoms. The van der Waals surface area contributed by atoms with E-state index >= 15 is 0 Å². The molecular formula is C10H9NO4. The van der Waals surface area contributed by atoms with Crippen LogP contribution in [0, 0.1) is 17.0 Å². The van der Waals surface area contributed by atoms with E-state index in [0.717, 1.165) is 6.08 Å². The fourth-order valence-corrected chi connectivity index (χ4v) is 1.06. The normalized spacial score (nSPS) is 9.40. The van der Waals surface area contributed by atoms with E-state index in [1.165, 1.54) is 12.1 Å². The summed E-state index contributed by atoms with van der Waals surface area (Å²) in [5, 5.41) is 10.6. The maximum absolute atomic E-state index is 10.9. The van der Waals surface area contributed by atoms with Crippen LogP contribution in [0.4, 0.5) is 5.69 Å². The van der Waals surface area contributed by atoms with E-state index in [4.69, 9.17) is 4.74 Å². The van der Waals surface area contributed by atoms with Crippen LogP contribution in [0.15, 0.2) is 30.9 Å². The van der Waals surface area contributed by atoms with Crippen molar-refractivity contribution < 1.29 is 14.5 Å².